The Hall–Kier alpha value is -2.43. The Morgan fingerprint density at radius 2 is 2.22 bits per heavy atom. The molecule has 2 N–H and O–H groups in total. The number of carboxylic acid groups (broad SMARTS) is 1. The Labute approximate surface area is 105 Å². The molecule has 0 unspecified atom stereocenters. The number of pyridine rings is 1. The zero-order valence-corrected chi connectivity index (χ0v) is 9.96. The van der Waals surface area contributed by atoms with E-state index in [4.69, 9.17) is 5.11 Å². The smallest absolute Gasteiger partial charge is 0.335 e. The molecule has 0 spiro atoms. The number of aromatic carboxylic acids is 1. The van der Waals surface area contributed by atoms with Crippen molar-refractivity contribution in [2.24, 2.45) is 0 Å². The van der Waals surface area contributed by atoms with Crippen molar-refractivity contribution < 1.29 is 14.7 Å². The highest BCUT2D eigenvalue weighted by atomic mass is 16.4. The minimum atomic E-state index is -1.02. The molecule has 1 aromatic rings. The van der Waals surface area contributed by atoms with E-state index in [1.807, 2.05) is 13.0 Å². The molecule has 0 atom stereocenters. The van der Waals surface area contributed by atoms with Crippen LogP contribution in [-0.4, -0.2) is 22.0 Å². The minimum absolute atomic E-state index is 0.152. The number of aromatic nitrogens is 1. The second-order valence-corrected chi connectivity index (χ2v) is 3.44. The van der Waals surface area contributed by atoms with Gasteiger partial charge in [0.05, 0.1) is 17.8 Å². The van der Waals surface area contributed by atoms with Crippen molar-refractivity contribution in [3.05, 3.63) is 53.9 Å². The highest BCUT2D eigenvalue weighted by molar-refractivity contribution is 5.88. The third kappa shape index (κ3) is 4.61. The van der Waals surface area contributed by atoms with E-state index in [0.717, 1.165) is 0 Å². The molecular formula is C13H14N2O3. The summed E-state index contributed by atoms with van der Waals surface area (Å²) in [5.74, 6) is -1.27. The summed E-state index contributed by atoms with van der Waals surface area (Å²) in [6.45, 7) is 2.05. The average molecular weight is 246 g/mol. The van der Waals surface area contributed by atoms with Gasteiger partial charge < -0.3 is 10.4 Å². The second-order valence-electron chi connectivity index (χ2n) is 3.44. The van der Waals surface area contributed by atoms with E-state index in [1.165, 1.54) is 24.4 Å². The number of carbonyl (C=O) groups excluding carboxylic acids is 1. The Kier molecular flexibility index (Phi) is 5.31. The first-order valence-electron chi connectivity index (χ1n) is 5.39. The van der Waals surface area contributed by atoms with Gasteiger partial charge in [-0.05, 0) is 19.1 Å². The fourth-order valence-electron chi connectivity index (χ4n) is 1.20. The topological polar surface area (TPSA) is 79.3 Å². The van der Waals surface area contributed by atoms with Gasteiger partial charge in [0, 0.05) is 12.3 Å². The lowest BCUT2D eigenvalue weighted by atomic mass is 10.2. The Balaban J connectivity index is 2.55. The molecule has 0 aromatic carbocycles. The summed E-state index contributed by atoms with van der Waals surface area (Å²) in [4.78, 5) is 26.0. The molecule has 5 heteroatoms. The van der Waals surface area contributed by atoms with Crippen LogP contribution < -0.4 is 5.32 Å². The number of carbonyl (C=O) groups is 2. The van der Waals surface area contributed by atoms with E-state index in [-0.39, 0.29) is 18.0 Å². The summed E-state index contributed by atoms with van der Waals surface area (Å²) in [6, 6.07) is 2.83. The number of carboxylic acids is 1. The van der Waals surface area contributed by atoms with Gasteiger partial charge in [-0.15, -0.1) is 0 Å². The average Bonchev–Trinajstić information content (AvgIpc) is 2.37. The molecule has 5 nitrogen and oxygen atoms in total. The maximum atomic E-state index is 11.3. The van der Waals surface area contributed by atoms with Gasteiger partial charge in [0.1, 0.15) is 0 Å². The van der Waals surface area contributed by atoms with Crippen molar-refractivity contribution in [1.82, 2.24) is 10.3 Å². The number of hydrogen-bond donors (Lipinski definition) is 2. The van der Waals surface area contributed by atoms with Crippen LogP contribution in [0.25, 0.3) is 0 Å². The molecule has 0 bridgehead atoms. The summed E-state index contributed by atoms with van der Waals surface area (Å²) in [6.07, 6.45) is 7.96. The van der Waals surface area contributed by atoms with Gasteiger partial charge in [-0.3, -0.25) is 9.78 Å². The highest BCUT2D eigenvalue weighted by Gasteiger charge is 2.04. The third-order valence-corrected chi connectivity index (χ3v) is 2.06. The molecule has 94 valence electrons. The first-order valence-corrected chi connectivity index (χ1v) is 5.39. The predicted octanol–water partition coefficient (Wildman–Crippen LogP) is 1.53. The van der Waals surface area contributed by atoms with Gasteiger partial charge >= 0.3 is 5.97 Å². The van der Waals surface area contributed by atoms with Crippen molar-refractivity contribution in [2.45, 2.75) is 13.5 Å². The standard InChI is InChI=1S/C13H14N2O3/c1-2-3-4-5-12(16)15-9-11-8-10(13(17)18)6-7-14-11/h2-8H,9H2,1H3,(H,15,16)(H,17,18). The first-order chi connectivity index (χ1) is 8.63. The van der Waals surface area contributed by atoms with Crippen molar-refractivity contribution >= 4 is 11.9 Å². The predicted molar refractivity (Wildman–Crippen MR) is 67.0 cm³/mol. The van der Waals surface area contributed by atoms with E-state index in [0.29, 0.717) is 5.69 Å². The van der Waals surface area contributed by atoms with Gasteiger partial charge in [0.25, 0.3) is 0 Å². The zero-order valence-electron chi connectivity index (χ0n) is 9.96. The zero-order chi connectivity index (χ0) is 13.4. The van der Waals surface area contributed by atoms with Crippen LogP contribution in [0.5, 0.6) is 0 Å². The van der Waals surface area contributed by atoms with Crippen molar-refractivity contribution in [1.29, 1.82) is 0 Å². The number of allylic oxidation sites excluding steroid dienone is 3. The van der Waals surface area contributed by atoms with Gasteiger partial charge in [0.15, 0.2) is 0 Å². The molecule has 1 aromatic heterocycles. The number of amides is 1. The van der Waals surface area contributed by atoms with E-state index >= 15 is 0 Å². The van der Waals surface area contributed by atoms with Crippen LogP contribution in [0.4, 0.5) is 0 Å². The normalized spacial score (nSPS) is 10.9. The molecule has 0 aliphatic heterocycles. The summed E-state index contributed by atoms with van der Waals surface area (Å²) in [5, 5.41) is 11.4. The lowest BCUT2D eigenvalue weighted by Crippen LogP contribution is -2.21. The van der Waals surface area contributed by atoms with E-state index in [9.17, 15) is 9.59 Å². The van der Waals surface area contributed by atoms with Crippen LogP contribution in [0.2, 0.25) is 0 Å². The summed E-state index contributed by atoms with van der Waals surface area (Å²) >= 11 is 0. The Bertz CT molecular complexity index is 493. The van der Waals surface area contributed by atoms with Crippen LogP contribution in [0, 0.1) is 0 Å². The first kappa shape index (κ1) is 13.6. The molecule has 0 aliphatic carbocycles. The molecule has 18 heavy (non-hydrogen) atoms. The molecular weight excluding hydrogens is 232 g/mol. The fraction of sp³-hybridized carbons (Fsp3) is 0.154. The SMILES string of the molecule is CC=CC=CC(=O)NCc1cc(C(=O)O)ccn1. The monoisotopic (exact) mass is 246 g/mol. The highest BCUT2D eigenvalue weighted by Crippen LogP contribution is 2.01. The van der Waals surface area contributed by atoms with Crippen LogP contribution in [0.3, 0.4) is 0 Å². The number of nitrogens with zero attached hydrogens (tertiary/aromatic N) is 1. The van der Waals surface area contributed by atoms with Gasteiger partial charge in [-0.25, -0.2) is 4.79 Å². The van der Waals surface area contributed by atoms with E-state index in [2.05, 4.69) is 10.3 Å². The van der Waals surface area contributed by atoms with Crippen LogP contribution in [0.15, 0.2) is 42.6 Å². The number of rotatable bonds is 5. The lowest BCUT2D eigenvalue weighted by molar-refractivity contribution is -0.116. The third-order valence-electron chi connectivity index (χ3n) is 2.06. The van der Waals surface area contributed by atoms with Gasteiger partial charge in [-0.1, -0.05) is 18.2 Å². The summed E-state index contributed by atoms with van der Waals surface area (Å²) in [7, 11) is 0. The van der Waals surface area contributed by atoms with Crippen molar-refractivity contribution in [2.75, 3.05) is 0 Å². The van der Waals surface area contributed by atoms with Crippen molar-refractivity contribution in [3.8, 4) is 0 Å². The molecule has 0 saturated heterocycles. The number of nitrogens with one attached hydrogen (secondary N) is 1. The largest absolute Gasteiger partial charge is 0.478 e. The van der Waals surface area contributed by atoms with Crippen LogP contribution >= 0.6 is 0 Å². The van der Waals surface area contributed by atoms with Gasteiger partial charge in [0.2, 0.25) is 5.91 Å². The van der Waals surface area contributed by atoms with Crippen LogP contribution in [-0.2, 0) is 11.3 Å². The molecule has 1 heterocycles. The Morgan fingerprint density at radius 3 is 2.89 bits per heavy atom. The minimum Gasteiger partial charge on any atom is -0.478 e. The maximum absolute atomic E-state index is 11.3. The molecule has 0 radical (unpaired) electrons. The van der Waals surface area contributed by atoms with E-state index in [1.54, 1.807) is 12.2 Å². The molecule has 0 aliphatic rings. The Morgan fingerprint density at radius 1 is 1.44 bits per heavy atom. The maximum Gasteiger partial charge on any atom is 0.335 e. The molecule has 0 saturated carbocycles. The lowest BCUT2D eigenvalue weighted by Gasteiger charge is -2.02. The summed E-state index contributed by atoms with van der Waals surface area (Å²) < 4.78 is 0. The summed E-state index contributed by atoms with van der Waals surface area (Å²) in [5.41, 5.74) is 0.654. The van der Waals surface area contributed by atoms with Crippen molar-refractivity contribution in [3.63, 3.8) is 0 Å². The molecule has 0 fully saturated rings. The van der Waals surface area contributed by atoms with Crippen LogP contribution in [0.1, 0.15) is 23.0 Å². The number of hydrogen-bond acceptors (Lipinski definition) is 3. The van der Waals surface area contributed by atoms with Gasteiger partial charge in [-0.2, -0.15) is 0 Å². The second kappa shape index (κ2) is 7.01. The quantitative estimate of drug-likeness (QED) is 0.610. The molecule has 1 rings (SSSR count). The fourth-order valence-corrected chi connectivity index (χ4v) is 1.20. The molecule has 1 amide bonds. The van der Waals surface area contributed by atoms with E-state index < -0.39 is 5.97 Å².